The van der Waals surface area contributed by atoms with Crippen LogP contribution in [0.5, 0.6) is 0 Å². The quantitative estimate of drug-likeness (QED) is 0.471. The molecule has 0 amide bonds. The summed E-state index contributed by atoms with van der Waals surface area (Å²) in [5.74, 6) is -0.0512. The highest BCUT2D eigenvalue weighted by molar-refractivity contribution is 7.87. The van der Waals surface area contributed by atoms with Gasteiger partial charge in [-0.15, -0.1) is 0 Å². The number of hydrogen-bond acceptors (Lipinski definition) is 8. The van der Waals surface area contributed by atoms with Crippen molar-refractivity contribution >= 4 is 20.2 Å². The highest BCUT2D eigenvalue weighted by atomic mass is 32.2. The van der Waals surface area contributed by atoms with Gasteiger partial charge in [0.05, 0.1) is 11.5 Å². The van der Waals surface area contributed by atoms with E-state index in [0.29, 0.717) is 0 Å². The summed E-state index contributed by atoms with van der Waals surface area (Å²) in [6.45, 7) is -0.809. The van der Waals surface area contributed by atoms with E-state index in [1.807, 2.05) is 0 Å². The largest absolute Gasteiger partial charge is 0.328 e. The van der Waals surface area contributed by atoms with Gasteiger partial charge in [0.1, 0.15) is 0 Å². The van der Waals surface area contributed by atoms with Crippen LogP contribution >= 0.6 is 0 Å². The lowest BCUT2D eigenvalue weighted by Gasteiger charge is -2.38. The van der Waals surface area contributed by atoms with Crippen LogP contribution in [0.3, 0.4) is 0 Å². The maximum atomic E-state index is 12.8. The molecule has 4 N–H and O–H groups in total. The van der Waals surface area contributed by atoms with Gasteiger partial charge in [-0.3, -0.25) is 0 Å². The molecule has 0 bridgehead atoms. The molecule has 0 aromatic heterocycles. The second kappa shape index (κ2) is 8.62. The molecule has 0 aromatic rings. The van der Waals surface area contributed by atoms with Crippen molar-refractivity contribution in [3.05, 3.63) is 0 Å². The molecular weight excluding hydrogens is 368 g/mol. The van der Waals surface area contributed by atoms with Gasteiger partial charge in [0, 0.05) is 12.1 Å². The Labute approximate surface area is 150 Å². The van der Waals surface area contributed by atoms with E-state index in [-0.39, 0.29) is 23.9 Å². The zero-order chi connectivity index (χ0) is 18.7. The molecule has 0 aliphatic heterocycles. The maximum Gasteiger partial charge on any atom is 0.273 e. The van der Waals surface area contributed by atoms with Gasteiger partial charge >= 0.3 is 0 Å². The van der Waals surface area contributed by atoms with Gasteiger partial charge in [-0.2, -0.15) is 16.8 Å². The zero-order valence-corrected chi connectivity index (χ0v) is 16.3. The van der Waals surface area contributed by atoms with E-state index in [9.17, 15) is 16.8 Å². The predicted octanol–water partition coefficient (Wildman–Crippen LogP) is 0.670. The maximum absolute atomic E-state index is 12.8. The Hall–Kier alpha value is -0.260. The Morgan fingerprint density at radius 2 is 1.20 bits per heavy atom. The third-order valence-electron chi connectivity index (χ3n) is 5.37. The van der Waals surface area contributed by atoms with Crippen molar-refractivity contribution in [2.45, 2.75) is 68.7 Å². The summed E-state index contributed by atoms with van der Waals surface area (Å²) in [5, 5.41) is -0.657. The third kappa shape index (κ3) is 6.44. The number of hydrogen-bond donors (Lipinski definition) is 2. The van der Waals surface area contributed by atoms with Crippen molar-refractivity contribution in [2.24, 2.45) is 23.3 Å². The number of nitrogens with two attached hydrogens (primary N) is 2. The van der Waals surface area contributed by atoms with Crippen LogP contribution in [0.2, 0.25) is 0 Å². The summed E-state index contributed by atoms with van der Waals surface area (Å²) in [7, 11) is -7.71. The van der Waals surface area contributed by atoms with Crippen LogP contribution in [0.4, 0.5) is 0 Å². The molecule has 0 radical (unpaired) electrons. The molecule has 148 valence electrons. The molecule has 8 nitrogen and oxygen atoms in total. The molecule has 2 saturated carbocycles. The smallest absolute Gasteiger partial charge is 0.273 e. The molecule has 10 heteroatoms. The standard InChI is InChI=1S/C15H30N2O6S2/c1-24(18,19)22-10-23-25(20,21)15(11-2-6-13(16)7-3-11)12-4-8-14(17)9-5-12/h11-15H,2-10,16-17H2,1H3. The minimum atomic E-state index is -3.95. The normalized spacial score (nSPS) is 33.1. The summed E-state index contributed by atoms with van der Waals surface area (Å²) in [4.78, 5) is 0. The summed E-state index contributed by atoms with van der Waals surface area (Å²) in [6, 6.07) is 0.239. The van der Waals surface area contributed by atoms with Crippen molar-refractivity contribution < 1.29 is 25.2 Å². The van der Waals surface area contributed by atoms with E-state index in [1.165, 1.54) is 0 Å². The van der Waals surface area contributed by atoms with Crippen LogP contribution < -0.4 is 11.5 Å². The molecule has 0 spiro atoms. The molecule has 0 saturated heterocycles. The van der Waals surface area contributed by atoms with Crippen LogP contribution in [0.15, 0.2) is 0 Å². The minimum absolute atomic E-state index is 0.0256. The van der Waals surface area contributed by atoms with Crippen LogP contribution in [0.25, 0.3) is 0 Å². The molecule has 0 unspecified atom stereocenters. The third-order valence-corrected chi connectivity index (χ3v) is 7.76. The predicted molar refractivity (Wildman–Crippen MR) is 94.5 cm³/mol. The molecule has 2 fully saturated rings. The summed E-state index contributed by atoms with van der Waals surface area (Å²) < 4.78 is 57.1. The van der Waals surface area contributed by atoms with Crippen LogP contribution in [0, 0.1) is 11.8 Å². The highest BCUT2D eigenvalue weighted by Crippen LogP contribution is 2.39. The fraction of sp³-hybridized carbons (Fsp3) is 1.00. The van der Waals surface area contributed by atoms with Gasteiger partial charge in [0.2, 0.25) is 0 Å². The molecule has 2 aliphatic carbocycles. The van der Waals surface area contributed by atoms with Gasteiger partial charge in [-0.05, 0) is 63.2 Å². The van der Waals surface area contributed by atoms with E-state index in [2.05, 4.69) is 4.18 Å². The average Bonchev–Trinajstić information content (AvgIpc) is 2.50. The lowest BCUT2D eigenvalue weighted by Crippen LogP contribution is -2.44. The Balaban J connectivity index is 2.12. The number of rotatable bonds is 7. The van der Waals surface area contributed by atoms with Gasteiger partial charge in [-0.25, -0.2) is 8.37 Å². The monoisotopic (exact) mass is 398 g/mol. The van der Waals surface area contributed by atoms with Crippen LogP contribution in [-0.2, 0) is 28.6 Å². The molecule has 2 aliphatic rings. The zero-order valence-electron chi connectivity index (χ0n) is 14.7. The topological polar surface area (TPSA) is 139 Å². The van der Waals surface area contributed by atoms with Gasteiger partial charge < -0.3 is 11.5 Å². The van der Waals surface area contributed by atoms with Gasteiger partial charge in [0.25, 0.3) is 20.2 Å². The fourth-order valence-corrected chi connectivity index (χ4v) is 6.17. The molecule has 0 heterocycles. The second-order valence-corrected chi connectivity index (χ2v) is 10.8. The summed E-state index contributed by atoms with van der Waals surface area (Å²) in [6.07, 6.45) is 6.99. The average molecular weight is 399 g/mol. The van der Waals surface area contributed by atoms with Crippen molar-refractivity contribution in [3.63, 3.8) is 0 Å². The van der Waals surface area contributed by atoms with Crippen molar-refractivity contribution in [1.29, 1.82) is 0 Å². The Morgan fingerprint density at radius 3 is 1.56 bits per heavy atom. The first kappa shape index (κ1) is 21.0. The first-order valence-electron chi connectivity index (χ1n) is 8.82. The summed E-state index contributed by atoms with van der Waals surface area (Å²) >= 11 is 0. The lowest BCUT2D eigenvalue weighted by atomic mass is 9.75. The van der Waals surface area contributed by atoms with Crippen molar-refractivity contribution in [3.8, 4) is 0 Å². The van der Waals surface area contributed by atoms with Crippen molar-refractivity contribution in [2.75, 3.05) is 13.0 Å². The highest BCUT2D eigenvalue weighted by Gasteiger charge is 2.42. The minimum Gasteiger partial charge on any atom is -0.328 e. The van der Waals surface area contributed by atoms with E-state index < -0.39 is 32.3 Å². The van der Waals surface area contributed by atoms with E-state index in [0.717, 1.165) is 57.6 Å². The van der Waals surface area contributed by atoms with Crippen molar-refractivity contribution in [1.82, 2.24) is 0 Å². The Kier molecular flexibility index (Phi) is 7.26. The van der Waals surface area contributed by atoms with E-state index >= 15 is 0 Å². The van der Waals surface area contributed by atoms with Crippen LogP contribution in [0.1, 0.15) is 51.4 Å². The van der Waals surface area contributed by atoms with E-state index in [4.69, 9.17) is 15.7 Å². The fourth-order valence-electron chi connectivity index (χ4n) is 4.06. The summed E-state index contributed by atoms with van der Waals surface area (Å²) in [5.41, 5.74) is 11.9. The molecule has 0 atom stereocenters. The first-order chi connectivity index (χ1) is 11.6. The second-order valence-electron chi connectivity index (χ2n) is 7.36. The first-order valence-corrected chi connectivity index (χ1v) is 12.1. The van der Waals surface area contributed by atoms with Gasteiger partial charge in [-0.1, -0.05) is 0 Å². The lowest BCUT2D eigenvalue weighted by molar-refractivity contribution is 0.122. The Morgan fingerprint density at radius 1 is 0.800 bits per heavy atom. The van der Waals surface area contributed by atoms with Crippen LogP contribution in [-0.4, -0.2) is 47.2 Å². The molecule has 2 rings (SSSR count). The van der Waals surface area contributed by atoms with E-state index in [1.54, 1.807) is 0 Å². The Bertz CT molecular complexity index is 598. The SMILES string of the molecule is CS(=O)(=O)OCOS(=O)(=O)C(C1CCC(N)CC1)C1CCC(N)CC1. The van der Waals surface area contributed by atoms with Gasteiger partial charge in [0.15, 0.2) is 6.79 Å². The molecule has 25 heavy (non-hydrogen) atoms. The molecular formula is C15H30N2O6S2. The molecule has 0 aromatic carbocycles.